The number of benzene rings is 1. The molecule has 0 spiro atoms. The van der Waals surface area contributed by atoms with Crippen molar-refractivity contribution >= 4 is 22.9 Å². The summed E-state index contributed by atoms with van der Waals surface area (Å²) in [5.74, 6) is -0.431. The van der Waals surface area contributed by atoms with Gasteiger partial charge in [-0.3, -0.25) is 0 Å². The van der Waals surface area contributed by atoms with Crippen molar-refractivity contribution < 1.29 is 4.39 Å². The molecule has 1 aromatic carbocycles. The normalized spacial score (nSPS) is 12.7. The van der Waals surface area contributed by atoms with Gasteiger partial charge in [-0.15, -0.1) is 0 Å². The van der Waals surface area contributed by atoms with Crippen LogP contribution in [0.1, 0.15) is 17.2 Å². The minimum absolute atomic E-state index is 0.108. The standard InChI is InChI=1S/C11H9ClFNS/c12-10-8(2-1-3-9(10)13)11(14)7-4-5-15-6-7/h1-6,11H,14H2/t11-/m0/s1. The van der Waals surface area contributed by atoms with Crippen molar-refractivity contribution in [1.29, 1.82) is 0 Å². The van der Waals surface area contributed by atoms with Gasteiger partial charge >= 0.3 is 0 Å². The maximum atomic E-state index is 13.2. The molecule has 2 N–H and O–H groups in total. The predicted molar refractivity (Wildman–Crippen MR) is 61.8 cm³/mol. The van der Waals surface area contributed by atoms with Crippen LogP contribution in [0.3, 0.4) is 0 Å². The number of rotatable bonds is 2. The zero-order valence-electron chi connectivity index (χ0n) is 7.78. The molecule has 1 atom stereocenters. The third kappa shape index (κ3) is 2.04. The third-order valence-corrected chi connectivity index (χ3v) is 3.32. The average Bonchev–Trinajstić information content (AvgIpc) is 2.74. The number of thiophene rings is 1. The number of hydrogen-bond acceptors (Lipinski definition) is 2. The Morgan fingerprint density at radius 3 is 2.80 bits per heavy atom. The summed E-state index contributed by atoms with van der Waals surface area (Å²) in [5, 5.41) is 3.98. The SMILES string of the molecule is N[C@@H](c1ccsc1)c1cccc(F)c1Cl. The monoisotopic (exact) mass is 241 g/mol. The van der Waals surface area contributed by atoms with Crippen LogP contribution in [-0.4, -0.2) is 0 Å². The second-order valence-corrected chi connectivity index (χ2v) is 4.34. The first-order valence-electron chi connectivity index (χ1n) is 4.41. The topological polar surface area (TPSA) is 26.0 Å². The molecule has 2 rings (SSSR count). The quantitative estimate of drug-likeness (QED) is 0.855. The molecular weight excluding hydrogens is 233 g/mol. The first-order valence-corrected chi connectivity index (χ1v) is 5.74. The van der Waals surface area contributed by atoms with Crippen LogP contribution >= 0.6 is 22.9 Å². The van der Waals surface area contributed by atoms with E-state index in [-0.39, 0.29) is 11.1 Å². The van der Waals surface area contributed by atoms with Gasteiger partial charge in [-0.25, -0.2) is 4.39 Å². The Hall–Kier alpha value is -0.900. The largest absolute Gasteiger partial charge is 0.320 e. The van der Waals surface area contributed by atoms with E-state index in [2.05, 4.69) is 0 Å². The lowest BCUT2D eigenvalue weighted by atomic mass is 10.0. The molecule has 0 fully saturated rings. The molecular formula is C11H9ClFNS. The van der Waals surface area contributed by atoms with Crippen molar-refractivity contribution in [3.05, 3.63) is 57.0 Å². The summed E-state index contributed by atoms with van der Waals surface area (Å²) < 4.78 is 13.2. The van der Waals surface area contributed by atoms with Crippen molar-refractivity contribution in [3.63, 3.8) is 0 Å². The van der Waals surface area contributed by atoms with Gasteiger partial charge in [-0.1, -0.05) is 23.7 Å². The Morgan fingerprint density at radius 1 is 1.33 bits per heavy atom. The lowest BCUT2D eigenvalue weighted by Gasteiger charge is -2.12. The molecule has 15 heavy (non-hydrogen) atoms. The first-order chi connectivity index (χ1) is 7.20. The Kier molecular flexibility index (Phi) is 3.05. The van der Waals surface area contributed by atoms with Gasteiger partial charge in [0.2, 0.25) is 0 Å². The molecule has 1 nitrogen and oxygen atoms in total. The molecule has 0 aliphatic heterocycles. The highest BCUT2D eigenvalue weighted by Crippen LogP contribution is 2.29. The van der Waals surface area contributed by atoms with Crippen LogP contribution in [0.4, 0.5) is 4.39 Å². The second-order valence-electron chi connectivity index (χ2n) is 3.18. The smallest absolute Gasteiger partial charge is 0.142 e. The van der Waals surface area contributed by atoms with Crippen LogP contribution in [0, 0.1) is 5.82 Å². The molecule has 1 aromatic heterocycles. The molecule has 0 amide bonds. The van der Waals surface area contributed by atoms with Gasteiger partial charge in [-0.2, -0.15) is 11.3 Å². The van der Waals surface area contributed by atoms with Crippen LogP contribution in [-0.2, 0) is 0 Å². The minimum atomic E-state index is -0.431. The fraction of sp³-hybridized carbons (Fsp3) is 0.0909. The summed E-state index contributed by atoms with van der Waals surface area (Å²) in [6.45, 7) is 0. The summed E-state index contributed by atoms with van der Waals surface area (Å²) in [4.78, 5) is 0. The molecule has 78 valence electrons. The zero-order chi connectivity index (χ0) is 10.8. The van der Waals surface area contributed by atoms with Gasteiger partial charge in [0.15, 0.2) is 0 Å². The summed E-state index contributed by atoms with van der Waals surface area (Å²) >= 11 is 7.41. The van der Waals surface area contributed by atoms with Gasteiger partial charge in [0.1, 0.15) is 5.82 Å². The summed E-state index contributed by atoms with van der Waals surface area (Å²) in [5.41, 5.74) is 7.56. The van der Waals surface area contributed by atoms with Crippen molar-refractivity contribution in [2.45, 2.75) is 6.04 Å². The van der Waals surface area contributed by atoms with Gasteiger partial charge in [0, 0.05) is 0 Å². The molecule has 0 aliphatic rings. The lowest BCUT2D eigenvalue weighted by molar-refractivity contribution is 0.624. The number of hydrogen-bond donors (Lipinski definition) is 1. The average molecular weight is 242 g/mol. The third-order valence-electron chi connectivity index (χ3n) is 2.22. The van der Waals surface area contributed by atoms with Crippen LogP contribution in [0.5, 0.6) is 0 Å². The van der Waals surface area contributed by atoms with Crippen LogP contribution in [0.25, 0.3) is 0 Å². The fourth-order valence-corrected chi connectivity index (χ4v) is 2.33. The number of nitrogens with two attached hydrogens (primary N) is 1. The summed E-state index contributed by atoms with van der Waals surface area (Å²) in [6, 6.07) is 6.23. The van der Waals surface area contributed by atoms with Crippen molar-refractivity contribution in [1.82, 2.24) is 0 Å². The first kappa shape index (κ1) is 10.6. The van der Waals surface area contributed by atoms with E-state index < -0.39 is 5.82 Å². The van der Waals surface area contributed by atoms with Crippen LogP contribution < -0.4 is 5.73 Å². The zero-order valence-corrected chi connectivity index (χ0v) is 9.36. The Bertz CT molecular complexity index is 456. The molecule has 1 heterocycles. The molecule has 0 bridgehead atoms. The van der Waals surface area contributed by atoms with Gasteiger partial charge in [0.05, 0.1) is 11.1 Å². The van der Waals surface area contributed by atoms with E-state index in [1.54, 1.807) is 23.5 Å². The van der Waals surface area contributed by atoms with Gasteiger partial charge in [-0.05, 0) is 34.0 Å². The number of halogens is 2. The highest BCUT2D eigenvalue weighted by atomic mass is 35.5. The maximum Gasteiger partial charge on any atom is 0.142 e. The molecule has 0 radical (unpaired) electrons. The lowest BCUT2D eigenvalue weighted by Crippen LogP contribution is -2.11. The highest BCUT2D eigenvalue weighted by Gasteiger charge is 2.14. The fourth-order valence-electron chi connectivity index (χ4n) is 1.39. The van der Waals surface area contributed by atoms with E-state index in [1.165, 1.54) is 6.07 Å². The van der Waals surface area contributed by atoms with Crippen molar-refractivity contribution in [2.24, 2.45) is 5.73 Å². The molecule has 2 aromatic rings. The highest BCUT2D eigenvalue weighted by molar-refractivity contribution is 7.08. The van der Waals surface area contributed by atoms with E-state index in [9.17, 15) is 4.39 Å². The van der Waals surface area contributed by atoms with Gasteiger partial charge in [0.25, 0.3) is 0 Å². The van der Waals surface area contributed by atoms with E-state index in [0.717, 1.165) is 5.56 Å². The van der Waals surface area contributed by atoms with Crippen molar-refractivity contribution in [3.8, 4) is 0 Å². The second kappa shape index (κ2) is 4.31. The molecule has 0 aliphatic carbocycles. The Balaban J connectivity index is 2.42. The van der Waals surface area contributed by atoms with Gasteiger partial charge < -0.3 is 5.73 Å². The summed E-state index contributed by atoms with van der Waals surface area (Å²) in [6.07, 6.45) is 0. The van der Waals surface area contributed by atoms with E-state index in [1.807, 2.05) is 16.8 Å². The van der Waals surface area contributed by atoms with E-state index >= 15 is 0 Å². The van der Waals surface area contributed by atoms with Crippen LogP contribution in [0.2, 0.25) is 5.02 Å². The maximum absolute atomic E-state index is 13.2. The van der Waals surface area contributed by atoms with E-state index in [0.29, 0.717) is 5.56 Å². The van der Waals surface area contributed by atoms with Crippen LogP contribution in [0.15, 0.2) is 35.0 Å². The van der Waals surface area contributed by atoms with Crippen molar-refractivity contribution in [2.75, 3.05) is 0 Å². The molecule has 4 heteroatoms. The molecule has 0 saturated heterocycles. The van der Waals surface area contributed by atoms with E-state index in [4.69, 9.17) is 17.3 Å². The minimum Gasteiger partial charge on any atom is -0.320 e. The molecule has 0 saturated carbocycles. The Morgan fingerprint density at radius 2 is 2.13 bits per heavy atom. The summed E-state index contributed by atoms with van der Waals surface area (Å²) in [7, 11) is 0. The molecule has 0 unspecified atom stereocenters. The Labute approximate surface area is 96.3 Å². The predicted octanol–water partition coefficient (Wildman–Crippen LogP) is 3.59.